The predicted octanol–water partition coefficient (Wildman–Crippen LogP) is 4.58. The first-order valence-corrected chi connectivity index (χ1v) is 8.47. The normalized spacial score (nSPS) is 22.3. The van der Waals surface area contributed by atoms with E-state index < -0.39 is 0 Å². The maximum atomic E-state index is 6.18. The Labute approximate surface area is 137 Å². The van der Waals surface area contributed by atoms with Gasteiger partial charge >= 0.3 is 0 Å². The summed E-state index contributed by atoms with van der Waals surface area (Å²) in [5.74, 6) is 1.69. The van der Waals surface area contributed by atoms with Gasteiger partial charge in [0.2, 0.25) is 6.23 Å². The summed E-state index contributed by atoms with van der Waals surface area (Å²) in [4.78, 5) is 1.22. The van der Waals surface area contributed by atoms with Gasteiger partial charge in [0, 0.05) is 12.0 Å². The Morgan fingerprint density at radius 3 is 2.87 bits per heavy atom. The number of nitrogens with zero attached hydrogens (tertiary/aromatic N) is 2. The lowest BCUT2D eigenvalue weighted by Crippen LogP contribution is -2.33. The van der Waals surface area contributed by atoms with Crippen molar-refractivity contribution in [3.63, 3.8) is 0 Å². The van der Waals surface area contributed by atoms with Crippen LogP contribution in [-0.4, -0.2) is 10.7 Å². The molecule has 4 nitrogen and oxygen atoms in total. The number of hydrazone groups is 1. The van der Waals surface area contributed by atoms with E-state index in [-0.39, 0.29) is 12.3 Å². The maximum Gasteiger partial charge on any atom is 0.246 e. The van der Waals surface area contributed by atoms with Crippen LogP contribution >= 0.6 is 11.3 Å². The standard InChI is InChI=1S/C18H14N2O2S/c1-2-6-15-12(5-1)14-11-13(17-8-4-10-23-17)19-20(14)18(22-15)16-7-3-9-21-16/h1-10,14,18H,11H2/t14-,18-/m1/s1. The molecule has 0 aliphatic carbocycles. The van der Waals surface area contributed by atoms with Crippen molar-refractivity contribution in [2.24, 2.45) is 5.10 Å². The molecule has 23 heavy (non-hydrogen) atoms. The summed E-state index contributed by atoms with van der Waals surface area (Å²) in [7, 11) is 0. The molecular weight excluding hydrogens is 308 g/mol. The summed E-state index contributed by atoms with van der Waals surface area (Å²) in [6, 6.07) is 16.4. The molecule has 0 saturated carbocycles. The zero-order valence-corrected chi connectivity index (χ0v) is 13.1. The van der Waals surface area contributed by atoms with E-state index in [1.54, 1.807) is 17.6 Å². The molecule has 0 saturated heterocycles. The Hall–Kier alpha value is -2.53. The highest BCUT2D eigenvalue weighted by Crippen LogP contribution is 2.47. The molecule has 1 aromatic carbocycles. The van der Waals surface area contributed by atoms with Crippen LogP contribution < -0.4 is 4.74 Å². The first kappa shape index (κ1) is 13.0. The molecule has 2 atom stereocenters. The predicted molar refractivity (Wildman–Crippen MR) is 88.6 cm³/mol. The highest BCUT2D eigenvalue weighted by atomic mass is 32.1. The van der Waals surface area contributed by atoms with Crippen molar-refractivity contribution in [1.29, 1.82) is 0 Å². The summed E-state index contributed by atoms with van der Waals surface area (Å²) in [5.41, 5.74) is 2.30. The highest BCUT2D eigenvalue weighted by Gasteiger charge is 2.42. The van der Waals surface area contributed by atoms with E-state index in [0.717, 1.165) is 23.6 Å². The van der Waals surface area contributed by atoms with Gasteiger partial charge in [0.25, 0.3) is 0 Å². The first-order valence-electron chi connectivity index (χ1n) is 7.59. The number of fused-ring (bicyclic) bond motifs is 3. The van der Waals surface area contributed by atoms with Crippen molar-refractivity contribution in [3.8, 4) is 5.75 Å². The lowest BCUT2D eigenvalue weighted by Gasteiger charge is -2.36. The minimum Gasteiger partial charge on any atom is -0.463 e. The number of benzene rings is 1. The van der Waals surface area contributed by atoms with E-state index in [2.05, 4.69) is 29.6 Å². The molecule has 0 N–H and O–H groups in total. The molecule has 0 unspecified atom stereocenters. The number of hydrogen-bond acceptors (Lipinski definition) is 5. The van der Waals surface area contributed by atoms with E-state index >= 15 is 0 Å². The maximum absolute atomic E-state index is 6.18. The number of para-hydroxylation sites is 1. The van der Waals surface area contributed by atoms with Crippen LogP contribution in [0.3, 0.4) is 0 Å². The molecule has 0 spiro atoms. The molecule has 0 radical (unpaired) electrons. The van der Waals surface area contributed by atoms with Crippen LogP contribution in [0.25, 0.3) is 0 Å². The van der Waals surface area contributed by atoms with Gasteiger partial charge < -0.3 is 9.15 Å². The lowest BCUT2D eigenvalue weighted by atomic mass is 9.98. The van der Waals surface area contributed by atoms with Crippen molar-refractivity contribution in [2.45, 2.75) is 18.7 Å². The Balaban J connectivity index is 1.62. The quantitative estimate of drug-likeness (QED) is 0.693. The topological polar surface area (TPSA) is 38.0 Å². The zero-order chi connectivity index (χ0) is 15.2. The first-order chi connectivity index (χ1) is 11.4. The van der Waals surface area contributed by atoms with E-state index in [1.807, 2.05) is 29.3 Å². The summed E-state index contributed by atoms with van der Waals surface area (Å²) in [6.45, 7) is 0. The smallest absolute Gasteiger partial charge is 0.246 e. The SMILES string of the molecule is c1coc([C@H]2Oc3ccccc3[C@H]3CC(c4cccs4)=NN32)c1. The summed E-state index contributed by atoms with van der Waals surface area (Å²) >= 11 is 1.72. The Kier molecular flexibility index (Phi) is 2.81. The number of furan rings is 1. The van der Waals surface area contributed by atoms with Gasteiger partial charge in [-0.2, -0.15) is 5.10 Å². The second-order valence-corrected chi connectivity index (χ2v) is 6.60. The van der Waals surface area contributed by atoms with Gasteiger partial charge in [-0.25, -0.2) is 5.01 Å². The van der Waals surface area contributed by atoms with Gasteiger partial charge in [0.05, 0.1) is 22.9 Å². The van der Waals surface area contributed by atoms with Crippen LogP contribution in [0.4, 0.5) is 0 Å². The fourth-order valence-electron chi connectivity index (χ4n) is 3.25. The molecule has 0 fully saturated rings. The number of ether oxygens (including phenoxy) is 1. The Bertz CT molecular complexity index is 855. The van der Waals surface area contributed by atoms with Crippen LogP contribution in [0, 0.1) is 0 Å². The van der Waals surface area contributed by atoms with Crippen molar-refractivity contribution in [1.82, 2.24) is 5.01 Å². The summed E-state index contributed by atoms with van der Waals surface area (Å²) in [6.07, 6.45) is 2.24. The van der Waals surface area contributed by atoms with Crippen molar-refractivity contribution in [2.75, 3.05) is 0 Å². The molecule has 2 aliphatic rings. The van der Waals surface area contributed by atoms with Crippen LogP contribution in [0.15, 0.2) is 69.7 Å². The molecule has 114 valence electrons. The molecular formula is C18H14N2O2S. The number of thiophene rings is 1. The van der Waals surface area contributed by atoms with Crippen LogP contribution in [-0.2, 0) is 0 Å². The third-order valence-electron chi connectivity index (χ3n) is 4.29. The zero-order valence-electron chi connectivity index (χ0n) is 12.3. The lowest BCUT2D eigenvalue weighted by molar-refractivity contribution is -0.0325. The van der Waals surface area contributed by atoms with Crippen LogP contribution in [0.1, 0.15) is 34.9 Å². The number of hydrogen-bond donors (Lipinski definition) is 0. The molecule has 2 aromatic heterocycles. The average Bonchev–Trinajstić information content (AvgIpc) is 3.34. The van der Waals surface area contributed by atoms with Crippen LogP contribution in [0.2, 0.25) is 0 Å². The Morgan fingerprint density at radius 1 is 1.09 bits per heavy atom. The largest absolute Gasteiger partial charge is 0.463 e. The van der Waals surface area contributed by atoms with Gasteiger partial charge in [-0.3, -0.25) is 0 Å². The molecule has 0 bridgehead atoms. The minimum atomic E-state index is -0.317. The van der Waals surface area contributed by atoms with E-state index in [1.165, 1.54) is 10.4 Å². The molecule has 5 heteroatoms. The van der Waals surface area contributed by atoms with Crippen molar-refractivity contribution < 1.29 is 9.15 Å². The van der Waals surface area contributed by atoms with Crippen molar-refractivity contribution >= 4 is 17.0 Å². The van der Waals surface area contributed by atoms with Gasteiger partial charge in [0.1, 0.15) is 5.75 Å². The third kappa shape index (κ3) is 2.00. The van der Waals surface area contributed by atoms with Crippen molar-refractivity contribution in [3.05, 3.63) is 76.4 Å². The monoisotopic (exact) mass is 322 g/mol. The van der Waals surface area contributed by atoms with E-state index in [9.17, 15) is 0 Å². The molecule has 3 aromatic rings. The molecule has 4 heterocycles. The van der Waals surface area contributed by atoms with E-state index in [4.69, 9.17) is 14.3 Å². The fourth-order valence-corrected chi connectivity index (χ4v) is 3.97. The third-order valence-corrected chi connectivity index (χ3v) is 5.21. The molecule has 2 aliphatic heterocycles. The Morgan fingerprint density at radius 2 is 2.04 bits per heavy atom. The fraction of sp³-hybridized carbons (Fsp3) is 0.167. The summed E-state index contributed by atoms with van der Waals surface area (Å²) < 4.78 is 11.8. The van der Waals surface area contributed by atoms with E-state index in [0.29, 0.717) is 0 Å². The van der Waals surface area contributed by atoms with Gasteiger partial charge in [-0.1, -0.05) is 24.3 Å². The van der Waals surface area contributed by atoms with Crippen LogP contribution in [0.5, 0.6) is 5.75 Å². The molecule has 5 rings (SSSR count). The molecule has 0 amide bonds. The van der Waals surface area contributed by atoms with Gasteiger partial charge in [-0.15, -0.1) is 11.3 Å². The second-order valence-electron chi connectivity index (χ2n) is 5.65. The average molecular weight is 322 g/mol. The second kappa shape index (κ2) is 4.99. The van der Waals surface area contributed by atoms with Gasteiger partial charge in [0.15, 0.2) is 5.76 Å². The van der Waals surface area contributed by atoms with Gasteiger partial charge in [-0.05, 0) is 29.6 Å². The summed E-state index contributed by atoms with van der Waals surface area (Å²) in [5, 5.41) is 8.99. The minimum absolute atomic E-state index is 0.187. The number of rotatable bonds is 2. The highest BCUT2D eigenvalue weighted by molar-refractivity contribution is 7.12.